The Kier molecular flexibility index (Phi) is 4.81. The van der Waals surface area contributed by atoms with Gasteiger partial charge in [0.05, 0.1) is 12.3 Å². The number of hydrogen-bond acceptors (Lipinski definition) is 4. The highest BCUT2D eigenvalue weighted by molar-refractivity contribution is 7.10. The molecule has 4 nitrogen and oxygen atoms in total. The van der Waals surface area contributed by atoms with E-state index in [1.807, 2.05) is 0 Å². The molecule has 1 heterocycles. The van der Waals surface area contributed by atoms with Crippen LogP contribution in [-0.4, -0.2) is 22.5 Å². The first-order chi connectivity index (χ1) is 7.22. The Morgan fingerprint density at radius 2 is 2.53 bits per heavy atom. The van der Waals surface area contributed by atoms with Crippen molar-refractivity contribution in [2.75, 3.05) is 6.54 Å². The molecular weight excluding hydrogens is 212 g/mol. The highest BCUT2D eigenvalue weighted by atomic mass is 32.1. The van der Waals surface area contributed by atoms with Gasteiger partial charge in [-0.1, -0.05) is 5.92 Å². The summed E-state index contributed by atoms with van der Waals surface area (Å²) in [4.78, 5) is 14.6. The van der Waals surface area contributed by atoms with Crippen LogP contribution >= 0.6 is 11.3 Å². The molecule has 0 spiro atoms. The number of carbonyl (C=O) groups excluding carboxylic acids is 1. The molecule has 1 aromatic heterocycles. The number of aliphatic hydroxyl groups is 1. The zero-order valence-electron chi connectivity index (χ0n) is 8.41. The first-order valence-corrected chi connectivity index (χ1v) is 5.39. The van der Waals surface area contributed by atoms with Crippen molar-refractivity contribution in [1.82, 2.24) is 10.3 Å². The number of aromatic nitrogens is 1. The third kappa shape index (κ3) is 4.58. The highest BCUT2D eigenvalue weighted by Crippen LogP contribution is 2.07. The second-order valence-electron chi connectivity index (χ2n) is 2.84. The Labute approximate surface area is 92.4 Å². The lowest BCUT2D eigenvalue weighted by Gasteiger charge is -1.94. The number of nitrogens with one attached hydrogen (secondary N) is 1. The van der Waals surface area contributed by atoms with Crippen LogP contribution in [0, 0.1) is 11.8 Å². The molecule has 15 heavy (non-hydrogen) atoms. The van der Waals surface area contributed by atoms with Crippen molar-refractivity contribution in [2.24, 2.45) is 0 Å². The fourth-order valence-electron chi connectivity index (χ4n) is 0.876. The number of carbonyl (C=O) groups is 1. The Hall–Kier alpha value is -1.38. The number of amides is 1. The van der Waals surface area contributed by atoms with Crippen LogP contribution in [0.15, 0.2) is 5.38 Å². The van der Waals surface area contributed by atoms with Gasteiger partial charge in [0.15, 0.2) is 5.01 Å². The van der Waals surface area contributed by atoms with E-state index in [1.165, 1.54) is 18.3 Å². The molecule has 0 radical (unpaired) electrons. The fourth-order valence-corrected chi connectivity index (χ4v) is 1.55. The zero-order valence-corrected chi connectivity index (χ0v) is 9.23. The molecular formula is C10H12N2O2S. The zero-order chi connectivity index (χ0) is 11.1. The summed E-state index contributed by atoms with van der Waals surface area (Å²) in [6, 6.07) is 0. The van der Waals surface area contributed by atoms with Crippen LogP contribution in [0.2, 0.25) is 0 Å². The number of rotatable bonds is 3. The SMILES string of the molecule is CC(=O)NCCC#Cc1nc(CO)cs1. The van der Waals surface area contributed by atoms with Crippen molar-refractivity contribution >= 4 is 17.2 Å². The summed E-state index contributed by atoms with van der Waals surface area (Å²) in [6.45, 7) is 1.98. The predicted octanol–water partition coefficient (Wildman–Crippen LogP) is 0.513. The van der Waals surface area contributed by atoms with E-state index in [2.05, 4.69) is 22.1 Å². The van der Waals surface area contributed by atoms with Gasteiger partial charge in [-0.2, -0.15) is 0 Å². The van der Waals surface area contributed by atoms with E-state index in [4.69, 9.17) is 5.11 Å². The van der Waals surface area contributed by atoms with Crippen LogP contribution in [0.1, 0.15) is 24.0 Å². The summed E-state index contributed by atoms with van der Waals surface area (Å²) >= 11 is 1.41. The van der Waals surface area contributed by atoms with Crippen molar-refractivity contribution in [1.29, 1.82) is 0 Å². The summed E-state index contributed by atoms with van der Waals surface area (Å²) in [7, 11) is 0. The van der Waals surface area contributed by atoms with E-state index in [1.54, 1.807) is 5.38 Å². The van der Waals surface area contributed by atoms with Crippen molar-refractivity contribution in [3.8, 4) is 11.8 Å². The van der Waals surface area contributed by atoms with Crippen LogP contribution in [0.25, 0.3) is 0 Å². The minimum Gasteiger partial charge on any atom is -0.390 e. The van der Waals surface area contributed by atoms with Gasteiger partial charge in [0.25, 0.3) is 0 Å². The lowest BCUT2D eigenvalue weighted by molar-refractivity contribution is -0.118. The molecule has 0 aliphatic rings. The quantitative estimate of drug-likeness (QED) is 0.581. The molecule has 0 aliphatic carbocycles. The van der Waals surface area contributed by atoms with Gasteiger partial charge < -0.3 is 10.4 Å². The van der Waals surface area contributed by atoms with Crippen molar-refractivity contribution in [3.05, 3.63) is 16.1 Å². The molecule has 0 aromatic carbocycles. The van der Waals surface area contributed by atoms with E-state index >= 15 is 0 Å². The van der Waals surface area contributed by atoms with Crippen molar-refractivity contribution in [3.63, 3.8) is 0 Å². The van der Waals surface area contributed by atoms with Gasteiger partial charge in [-0.3, -0.25) is 4.79 Å². The monoisotopic (exact) mass is 224 g/mol. The van der Waals surface area contributed by atoms with Crippen molar-refractivity contribution < 1.29 is 9.90 Å². The van der Waals surface area contributed by atoms with E-state index in [0.29, 0.717) is 23.7 Å². The first kappa shape index (κ1) is 11.7. The Morgan fingerprint density at radius 3 is 3.13 bits per heavy atom. The average molecular weight is 224 g/mol. The minimum absolute atomic E-state index is 0.0476. The van der Waals surface area contributed by atoms with Crippen molar-refractivity contribution in [2.45, 2.75) is 20.0 Å². The normalized spacial score (nSPS) is 9.20. The van der Waals surface area contributed by atoms with E-state index in [0.717, 1.165) is 0 Å². The summed E-state index contributed by atoms with van der Waals surface area (Å²) in [5.41, 5.74) is 0.645. The number of hydrogen-bond donors (Lipinski definition) is 2. The molecule has 0 unspecified atom stereocenters. The van der Waals surface area contributed by atoms with Gasteiger partial charge in [0, 0.05) is 25.3 Å². The molecule has 0 bridgehead atoms. The van der Waals surface area contributed by atoms with E-state index in [-0.39, 0.29) is 12.5 Å². The van der Waals surface area contributed by atoms with Crippen LogP contribution in [0.4, 0.5) is 0 Å². The third-order valence-electron chi connectivity index (χ3n) is 1.53. The van der Waals surface area contributed by atoms with Crippen LogP contribution in [0.5, 0.6) is 0 Å². The molecule has 0 atom stereocenters. The summed E-state index contributed by atoms with van der Waals surface area (Å²) in [5.74, 6) is 5.72. The maximum absolute atomic E-state index is 10.5. The maximum atomic E-state index is 10.5. The molecule has 1 rings (SSSR count). The van der Waals surface area contributed by atoms with Gasteiger partial charge in [-0.05, 0) is 5.92 Å². The highest BCUT2D eigenvalue weighted by Gasteiger charge is 1.96. The lowest BCUT2D eigenvalue weighted by atomic mass is 10.4. The maximum Gasteiger partial charge on any atom is 0.216 e. The average Bonchev–Trinajstić information content (AvgIpc) is 2.65. The Bertz CT molecular complexity index is 390. The number of thiazole rings is 1. The van der Waals surface area contributed by atoms with Crippen LogP contribution in [0.3, 0.4) is 0 Å². The smallest absolute Gasteiger partial charge is 0.216 e. The predicted molar refractivity (Wildman–Crippen MR) is 58.2 cm³/mol. The first-order valence-electron chi connectivity index (χ1n) is 4.51. The number of aliphatic hydroxyl groups excluding tert-OH is 1. The van der Waals surface area contributed by atoms with Gasteiger partial charge in [0.1, 0.15) is 0 Å². The molecule has 0 aliphatic heterocycles. The molecule has 0 saturated carbocycles. The summed E-state index contributed by atoms with van der Waals surface area (Å²) < 4.78 is 0. The molecule has 0 fully saturated rings. The summed E-state index contributed by atoms with van der Waals surface area (Å²) in [6.07, 6.45) is 0.605. The van der Waals surface area contributed by atoms with Crippen LogP contribution in [-0.2, 0) is 11.4 Å². The van der Waals surface area contributed by atoms with E-state index < -0.39 is 0 Å². The van der Waals surface area contributed by atoms with Gasteiger partial charge >= 0.3 is 0 Å². The fraction of sp³-hybridized carbons (Fsp3) is 0.400. The second-order valence-corrected chi connectivity index (χ2v) is 3.69. The number of nitrogens with zero attached hydrogens (tertiary/aromatic N) is 1. The third-order valence-corrected chi connectivity index (χ3v) is 2.34. The van der Waals surface area contributed by atoms with Gasteiger partial charge in [-0.15, -0.1) is 11.3 Å². The molecule has 80 valence electrons. The van der Waals surface area contributed by atoms with E-state index in [9.17, 15) is 4.79 Å². The molecule has 1 amide bonds. The van der Waals surface area contributed by atoms with Crippen LogP contribution < -0.4 is 5.32 Å². The molecule has 1 aromatic rings. The topological polar surface area (TPSA) is 62.2 Å². The standard InChI is InChI=1S/C10H12N2O2S/c1-8(14)11-5-3-2-4-10-12-9(6-13)7-15-10/h7,13H,3,5-6H2,1H3,(H,11,14). The molecule has 5 heteroatoms. The Balaban J connectivity index is 2.34. The lowest BCUT2D eigenvalue weighted by Crippen LogP contribution is -2.20. The summed E-state index contributed by atoms with van der Waals surface area (Å²) in [5, 5.41) is 13.9. The van der Waals surface area contributed by atoms with Gasteiger partial charge in [-0.25, -0.2) is 4.98 Å². The molecule has 0 saturated heterocycles. The largest absolute Gasteiger partial charge is 0.390 e. The minimum atomic E-state index is -0.0515. The second kappa shape index (κ2) is 6.17. The molecule has 2 N–H and O–H groups in total. The Morgan fingerprint density at radius 1 is 1.73 bits per heavy atom. The van der Waals surface area contributed by atoms with Gasteiger partial charge in [0.2, 0.25) is 5.91 Å².